The van der Waals surface area contributed by atoms with Gasteiger partial charge in [0.25, 0.3) is 0 Å². The van der Waals surface area contributed by atoms with Crippen molar-refractivity contribution in [2.45, 2.75) is 6.42 Å². The van der Waals surface area contributed by atoms with Gasteiger partial charge in [0.1, 0.15) is 0 Å². The lowest BCUT2D eigenvalue weighted by molar-refractivity contribution is 1.21. The Labute approximate surface area is 102 Å². The summed E-state index contributed by atoms with van der Waals surface area (Å²) in [4.78, 5) is 0. The van der Waals surface area contributed by atoms with Crippen molar-refractivity contribution in [3.63, 3.8) is 0 Å². The van der Waals surface area contributed by atoms with Crippen molar-refractivity contribution in [3.05, 3.63) is 83.0 Å². The van der Waals surface area contributed by atoms with E-state index in [2.05, 4.69) is 72.9 Å². The van der Waals surface area contributed by atoms with E-state index in [4.69, 9.17) is 0 Å². The molecule has 0 amide bonds. The topological polar surface area (TPSA) is 0 Å². The van der Waals surface area contributed by atoms with Crippen LogP contribution >= 0.6 is 0 Å². The molecule has 0 heteroatoms. The molecular weight excluding hydrogens is 204 g/mol. The van der Waals surface area contributed by atoms with E-state index in [1.165, 1.54) is 22.3 Å². The van der Waals surface area contributed by atoms with E-state index in [9.17, 15) is 0 Å². The minimum atomic E-state index is 1.01. The third-order valence-electron chi connectivity index (χ3n) is 3.06. The summed E-state index contributed by atoms with van der Waals surface area (Å²) < 4.78 is 0. The molecule has 1 aromatic rings. The molecule has 0 aromatic heterocycles. The fraction of sp³-hybridized carbons (Fsp3) is 0.0588. The molecule has 2 aliphatic rings. The number of rotatable bonds is 0. The van der Waals surface area contributed by atoms with E-state index in [1.54, 1.807) is 0 Å². The zero-order valence-electron chi connectivity index (χ0n) is 9.64. The Balaban J connectivity index is 2.18. The molecule has 0 unspecified atom stereocenters. The Bertz CT molecular complexity index is 578. The van der Waals surface area contributed by atoms with E-state index < -0.39 is 0 Å². The Morgan fingerprint density at radius 1 is 0.706 bits per heavy atom. The Hall–Kier alpha value is -2.08. The van der Waals surface area contributed by atoms with Crippen molar-refractivity contribution in [1.29, 1.82) is 0 Å². The van der Waals surface area contributed by atoms with Crippen LogP contribution in [0.1, 0.15) is 17.5 Å². The maximum absolute atomic E-state index is 2.28. The maximum Gasteiger partial charge on any atom is -0.00256 e. The van der Waals surface area contributed by atoms with Crippen molar-refractivity contribution >= 4 is 12.2 Å². The molecule has 82 valence electrons. The lowest BCUT2D eigenvalue weighted by Gasteiger charge is -2.11. The van der Waals surface area contributed by atoms with Crippen molar-refractivity contribution < 1.29 is 0 Å². The summed E-state index contributed by atoms with van der Waals surface area (Å²) in [5.41, 5.74) is 5.30. The first-order chi connectivity index (χ1) is 8.42. The van der Waals surface area contributed by atoms with E-state index >= 15 is 0 Å². The molecule has 0 saturated heterocycles. The maximum atomic E-state index is 2.28. The zero-order valence-corrected chi connectivity index (χ0v) is 9.64. The van der Waals surface area contributed by atoms with Gasteiger partial charge in [-0.2, -0.15) is 0 Å². The zero-order chi connectivity index (χ0) is 11.5. The van der Waals surface area contributed by atoms with E-state index in [0.29, 0.717) is 0 Å². The predicted octanol–water partition coefficient (Wildman–Crippen LogP) is 4.54. The number of benzene rings is 1. The average Bonchev–Trinajstić information content (AvgIpc) is 2.28. The second kappa shape index (κ2) is 4.42. The monoisotopic (exact) mass is 218 g/mol. The van der Waals surface area contributed by atoms with Gasteiger partial charge < -0.3 is 0 Å². The first kappa shape index (κ1) is 10.1. The second-order valence-electron chi connectivity index (χ2n) is 4.34. The van der Waals surface area contributed by atoms with E-state index in [-0.39, 0.29) is 0 Å². The number of allylic oxidation sites excluding steroid dienone is 8. The minimum absolute atomic E-state index is 1.01. The molecule has 2 aliphatic carbocycles. The lowest BCUT2D eigenvalue weighted by atomic mass is 9.94. The minimum Gasteiger partial charge on any atom is -0.0622 e. The van der Waals surface area contributed by atoms with Gasteiger partial charge in [-0.25, -0.2) is 0 Å². The highest BCUT2D eigenvalue weighted by Crippen LogP contribution is 2.25. The molecule has 0 nitrogen and oxygen atoms in total. The highest BCUT2D eigenvalue weighted by atomic mass is 14.1. The van der Waals surface area contributed by atoms with Gasteiger partial charge >= 0.3 is 0 Å². The summed E-state index contributed by atoms with van der Waals surface area (Å²) in [5.74, 6) is 0. The summed E-state index contributed by atoms with van der Waals surface area (Å²) in [7, 11) is 0. The van der Waals surface area contributed by atoms with Crippen LogP contribution in [0.15, 0.2) is 71.9 Å². The largest absolute Gasteiger partial charge is 0.0622 e. The molecule has 0 radical (unpaired) electrons. The lowest BCUT2D eigenvalue weighted by Crippen LogP contribution is -1.90. The molecule has 0 atom stereocenters. The molecule has 0 spiro atoms. The molecule has 0 fully saturated rings. The van der Waals surface area contributed by atoms with Crippen LogP contribution in [0.2, 0.25) is 0 Å². The molecule has 0 aliphatic heterocycles. The average molecular weight is 218 g/mol. The van der Waals surface area contributed by atoms with Crippen LogP contribution in [-0.4, -0.2) is 0 Å². The van der Waals surface area contributed by atoms with Gasteiger partial charge in [-0.15, -0.1) is 0 Å². The van der Waals surface area contributed by atoms with Crippen LogP contribution in [0, 0.1) is 0 Å². The van der Waals surface area contributed by atoms with Crippen LogP contribution < -0.4 is 0 Å². The third-order valence-corrected chi connectivity index (χ3v) is 3.06. The summed E-state index contributed by atoms with van der Waals surface area (Å²) in [6.45, 7) is 0. The highest BCUT2D eigenvalue weighted by molar-refractivity contribution is 5.71. The van der Waals surface area contributed by atoms with Crippen molar-refractivity contribution in [1.82, 2.24) is 0 Å². The smallest absolute Gasteiger partial charge is 0.00256 e. The SMILES string of the molecule is C1=C2\C=C/C=C\C=C(\C=C/c3ccccc31)C2. The van der Waals surface area contributed by atoms with Crippen molar-refractivity contribution in [2.24, 2.45) is 0 Å². The van der Waals surface area contributed by atoms with Gasteiger partial charge in [0.2, 0.25) is 0 Å². The third kappa shape index (κ3) is 2.21. The molecular formula is C17H14. The van der Waals surface area contributed by atoms with Crippen molar-refractivity contribution in [3.8, 4) is 0 Å². The van der Waals surface area contributed by atoms with Crippen LogP contribution in [0.5, 0.6) is 0 Å². The Morgan fingerprint density at radius 2 is 1.59 bits per heavy atom. The fourth-order valence-corrected chi connectivity index (χ4v) is 2.18. The standard InChI is InChI=1S/C17H14/c1-2-6-14-10-11-16-8-4-5-9-17(16)13-15(12-14)7-3-1/h1-11,13H,12H2/b2-1-,3-1?,6-2?,7-3-,11-10-,14-6-,14-10?,15-7?,15-13?,16-11?,17-13?. The number of fused-ring (bicyclic) bond motifs is 3. The molecule has 0 N–H and O–H groups in total. The molecule has 17 heavy (non-hydrogen) atoms. The Morgan fingerprint density at radius 3 is 2.53 bits per heavy atom. The summed E-state index contributed by atoms with van der Waals surface area (Å²) in [6, 6.07) is 8.51. The molecule has 0 heterocycles. The Kier molecular flexibility index (Phi) is 2.63. The molecule has 0 saturated carbocycles. The predicted molar refractivity (Wildman–Crippen MR) is 74.4 cm³/mol. The number of hydrogen-bond donors (Lipinski definition) is 0. The van der Waals surface area contributed by atoms with Gasteiger partial charge in [0.15, 0.2) is 0 Å². The molecule has 1 aromatic carbocycles. The summed E-state index contributed by atoms with van der Waals surface area (Å²) >= 11 is 0. The van der Waals surface area contributed by atoms with Crippen LogP contribution in [-0.2, 0) is 0 Å². The normalized spacial score (nSPS) is 25.9. The van der Waals surface area contributed by atoms with Gasteiger partial charge in [0.05, 0.1) is 0 Å². The van der Waals surface area contributed by atoms with E-state index in [1.807, 2.05) is 0 Å². The molecule has 2 bridgehead atoms. The first-order valence-electron chi connectivity index (χ1n) is 5.93. The highest BCUT2D eigenvalue weighted by Gasteiger charge is 2.04. The van der Waals surface area contributed by atoms with Gasteiger partial charge in [-0.1, -0.05) is 72.9 Å². The summed E-state index contributed by atoms with van der Waals surface area (Å²) in [5, 5.41) is 0. The quantitative estimate of drug-likeness (QED) is 0.599. The van der Waals surface area contributed by atoms with Gasteiger partial charge in [-0.05, 0) is 28.7 Å². The van der Waals surface area contributed by atoms with Crippen molar-refractivity contribution in [2.75, 3.05) is 0 Å². The molecule has 3 rings (SSSR count). The van der Waals surface area contributed by atoms with Gasteiger partial charge in [-0.3, -0.25) is 0 Å². The first-order valence-corrected chi connectivity index (χ1v) is 5.93. The van der Waals surface area contributed by atoms with Crippen LogP contribution in [0.25, 0.3) is 12.2 Å². The van der Waals surface area contributed by atoms with Crippen LogP contribution in [0.4, 0.5) is 0 Å². The second-order valence-corrected chi connectivity index (χ2v) is 4.34. The van der Waals surface area contributed by atoms with E-state index in [0.717, 1.165) is 6.42 Å². The van der Waals surface area contributed by atoms with Crippen LogP contribution in [0.3, 0.4) is 0 Å². The van der Waals surface area contributed by atoms with Gasteiger partial charge in [0, 0.05) is 0 Å². The summed E-state index contributed by atoms with van der Waals surface area (Å²) in [6.07, 6.45) is 18.4. The fourth-order valence-electron chi connectivity index (χ4n) is 2.18. The number of hydrogen-bond acceptors (Lipinski definition) is 0.